The third kappa shape index (κ3) is 2.58. The van der Waals surface area contributed by atoms with Gasteiger partial charge >= 0.3 is 0 Å². The molecule has 0 spiro atoms. The van der Waals surface area contributed by atoms with E-state index in [0.717, 1.165) is 17.1 Å². The summed E-state index contributed by atoms with van der Waals surface area (Å²) in [5, 5.41) is 8.95. The summed E-state index contributed by atoms with van der Waals surface area (Å²) in [6.07, 6.45) is 1.56. The zero-order valence-corrected chi connectivity index (χ0v) is 12.3. The standard InChI is InChI=1S/C12H18N2O5S/c1-13(2)20(17,18)11-6-5-10(19-11)12(16)14-7-3-4-9(14)8-15/h5-6,9,15H,3-4,7-8H2,1-2H3/t9-/m1/s1. The fourth-order valence-corrected chi connectivity index (χ4v) is 2.98. The molecule has 1 aromatic rings. The van der Waals surface area contributed by atoms with Gasteiger partial charge in [0.2, 0.25) is 5.09 Å². The molecule has 1 aliphatic heterocycles. The molecule has 0 bridgehead atoms. The van der Waals surface area contributed by atoms with Crippen molar-refractivity contribution < 1.29 is 22.7 Å². The summed E-state index contributed by atoms with van der Waals surface area (Å²) >= 11 is 0. The average molecular weight is 302 g/mol. The van der Waals surface area contributed by atoms with E-state index >= 15 is 0 Å². The minimum absolute atomic E-state index is 0.0224. The molecular weight excluding hydrogens is 284 g/mol. The molecule has 1 N–H and O–H groups in total. The molecule has 2 heterocycles. The van der Waals surface area contributed by atoms with E-state index in [4.69, 9.17) is 4.42 Å². The lowest BCUT2D eigenvalue weighted by atomic mass is 10.2. The number of carbonyl (C=O) groups is 1. The summed E-state index contributed by atoms with van der Waals surface area (Å²) in [5.41, 5.74) is 0. The highest BCUT2D eigenvalue weighted by molar-refractivity contribution is 7.88. The first-order valence-corrected chi connectivity index (χ1v) is 7.76. The smallest absolute Gasteiger partial charge is 0.289 e. The maximum Gasteiger partial charge on any atom is 0.289 e. The van der Waals surface area contributed by atoms with E-state index in [-0.39, 0.29) is 29.4 Å². The van der Waals surface area contributed by atoms with Crippen molar-refractivity contribution >= 4 is 15.9 Å². The molecule has 1 aromatic heterocycles. The summed E-state index contributed by atoms with van der Waals surface area (Å²) in [7, 11) is -0.905. The number of carbonyl (C=O) groups excluding carboxylic acids is 1. The van der Waals surface area contributed by atoms with E-state index in [2.05, 4.69) is 0 Å². The number of nitrogens with zero attached hydrogens (tertiary/aromatic N) is 2. The Hall–Kier alpha value is -1.38. The Morgan fingerprint density at radius 1 is 1.50 bits per heavy atom. The lowest BCUT2D eigenvalue weighted by Crippen LogP contribution is -2.37. The van der Waals surface area contributed by atoms with Gasteiger partial charge in [-0.15, -0.1) is 0 Å². The lowest BCUT2D eigenvalue weighted by Gasteiger charge is -2.21. The number of hydrogen-bond acceptors (Lipinski definition) is 5. The number of furan rings is 1. The van der Waals surface area contributed by atoms with Crippen molar-refractivity contribution in [3.8, 4) is 0 Å². The van der Waals surface area contributed by atoms with Gasteiger partial charge in [0.25, 0.3) is 15.9 Å². The van der Waals surface area contributed by atoms with Crippen LogP contribution < -0.4 is 0 Å². The van der Waals surface area contributed by atoms with Gasteiger partial charge in [0.05, 0.1) is 12.6 Å². The van der Waals surface area contributed by atoms with Crippen molar-refractivity contribution in [2.45, 2.75) is 24.0 Å². The van der Waals surface area contributed by atoms with Crippen LogP contribution in [0.1, 0.15) is 23.4 Å². The molecule has 0 unspecified atom stereocenters. The van der Waals surface area contributed by atoms with Gasteiger partial charge < -0.3 is 14.4 Å². The Morgan fingerprint density at radius 2 is 2.20 bits per heavy atom. The number of hydrogen-bond donors (Lipinski definition) is 1. The second-order valence-electron chi connectivity index (χ2n) is 4.88. The number of amides is 1. The van der Waals surface area contributed by atoms with E-state index in [0.29, 0.717) is 6.54 Å². The molecule has 0 radical (unpaired) electrons. The third-order valence-electron chi connectivity index (χ3n) is 3.38. The number of aliphatic hydroxyl groups excluding tert-OH is 1. The Balaban J connectivity index is 2.23. The van der Waals surface area contributed by atoms with Crippen molar-refractivity contribution in [1.29, 1.82) is 0 Å². The summed E-state index contributed by atoms with van der Waals surface area (Å²) in [4.78, 5) is 13.8. The molecule has 112 valence electrons. The Morgan fingerprint density at radius 3 is 2.80 bits per heavy atom. The number of likely N-dealkylation sites (tertiary alicyclic amines) is 1. The molecule has 1 aliphatic rings. The van der Waals surface area contributed by atoms with Gasteiger partial charge in [0, 0.05) is 20.6 Å². The first kappa shape index (κ1) is 15.0. The molecule has 20 heavy (non-hydrogen) atoms. The molecular formula is C12H18N2O5S. The summed E-state index contributed by atoms with van der Waals surface area (Å²) in [6.45, 7) is 0.440. The van der Waals surface area contributed by atoms with Crippen LogP contribution in [0.25, 0.3) is 0 Å². The van der Waals surface area contributed by atoms with Crippen molar-refractivity contribution in [1.82, 2.24) is 9.21 Å². The zero-order chi connectivity index (χ0) is 14.9. The quantitative estimate of drug-likeness (QED) is 0.853. The minimum Gasteiger partial charge on any atom is -0.438 e. The van der Waals surface area contributed by atoms with Crippen LogP contribution in [-0.4, -0.2) is 61.9 Å². The van der Waals surface area contributed by atoms with E-state index in [1.54, 1.807) is 0 Å². The molecule has 1 atom stereocenters. The maximum atomic E-state index is 12.2. The van der Waals surface area contributed by atoms with Gasteiger partial charge in [0.1, 0.15) is 0 Å². The van der Waals surface area contributed by atoms with Crippen LogP contribution in [0, 0.1) is 0 Å². The molecule has 8 heteroatoms. The first-order chi connectivity index (χ1) is 9.37. The molecule has 7 nitrogen and oxygen atoms in total. The normalized spacial score (nSPS) is 19.8. The molecule has 0 aliphatic carbocycles. The van der Waals surface area contributed by atoms with E-state index in [1.165, 1.54) is 31.1 Å². The second-order valence-corrected chi connectivity index (χ2v) is 6.97. The van der Waals surface area contributed by atoms with Crippen LogP contribution in [0.4, 0.5) is 0 Å². The topological polar surface area (TPSA) is 91.1 Å². The van der Waals surface area contributed by atoms with Gasteiger partial charge in [0.15, 0.2) is 5.76 Å². The van der Waals surface area contributed by atoms with E-state index < -0.39 is 10.0 Å². The van der Waals surface area contributed by atoms with Gasteiger partial charge in [-0.3, -0.25) is 4.79 Å². The highest BCUT2D eigenvalue weighted by Gasteiger charge is 2.31. The van der Waals surface area contributed by atoms with Gasteiger partial charge in [-0.1, -0.05) is 0 Å². The van der Waals surface area contributed by atoms with Gasteiger partial charge in [-0.2, -0.15) is 0 Å². The Bertz CT molecular complexity index is 593. The van der Waals surface area contributed by atoms with Crippen LogP contribution >= 0.6 is 0 Å². The lowest BCUT2D eigenvalue weighted by molar-refractivity contribution is 0.0640. The summed E-state index contributed by atoms with van der Waals surface area (Å²) in [5.74, 6) is -0.410. The van der Waals surface area contributed by atoms with Crippen LogP contribution in [0.2, 0.25) is 0 Å². The summed E-state index contributed by atoms with van der Waals surface area (Å²) < 4.78 is 29.9. The molecule has 0 aromatic carbocycles. The van der Waals surface area contributed by atoms with Crippen molar-refractivity contribution in [2.75, 3.05) is 27.2 Å². The SMILES string of the molecule is CN(C)S(=O)(=O)c1ccc(C(=O)N2CCC[C@@H]2CO)o1. The minimum atomic E-state index is -3.69. The monoisotopic (exact) mass is 302 g/mol. The van der Waals surface area contributed by atoms with Crippen LogP contribution in [0.5, 0.6) is 0 Å². The first-order valence-electron chi connectivity index (χ1n) is 6.32. The molecule has 1 saturated heterocycles. The van der Waals surface area contributed by atoms with Crippen LogP contribution in [0.3, 0.4) is 0 Å². The van der Waals surface area contributed by atoms with E-state index in [9.17, 15) is 18.3 Å². The van der Waals surface area contributed by atoms with Gasteiger partial charge in [-0.25, -0.2) is 12.7 Å². The molecule has 1 fully saturated rings. The Labute approximate surface area is 117 Å². The predicted octanol–water partition coefficient (Wildman–Crippen LogP) is 0.127. The Kier molecular flexibility index (Phi) is 4.17. The van der Waals surface area contributed by atoms with E-state index in [1.807, 2.05) is 0 Å². The highest BCUT2D eigenvalue weighted by Crippen LogP contribution is 2.23. The van der Waals surface area contributed by atoms with Gasteiger partial charge in [-0.05, 0) is 25.0 Å². The number of sulfonamides is 1. The van der Waals surface area contributed by atoms with Crippen LogP contribution in [-0.2, 0) is 10.0 Å². The fourth-order valence-electron chi connectivity index (χ4n) is 2.19. The zero-order valence-electron chi connectivity index (χ0n) is 11.4. The van der Waals surface area contributed by atoms with Crippen molar-refractivity contribution in [3.63, 3.8) is 0 Å². The number of rotatable bonds is 4. The summed E-state index contributed by atoms with van der Waals surface area (Å²) in [6, 6.07) is 2.40. The molecule has 2 rings (SSSR count). The molecule has 0 saturated carbocycles. The van der Waals surface area contributed by atoms with Crippen molar-refractivity contribution in [3.05, 3.63) is 17.9 Å². The molecule has 1 amide bonds. The highest BCUT2D eigenvalue weighted by atomic mass is 32.2. The van der Waals surface area contributed by atoms with Crippen molar-refractivity contribution in [2.24, 2.45) is 0 Å². The predicted molar refractivity (Wildman–Crippen MR) is 70.7 cm³/mol. The largest absolute Gasteiger partial charge is 0.438 e. The van der Waals surface area contributed by atoms with Crippen LogP contribution in [0.15, 0.2) is 21.6 Å². The number of aliphatic hydroxyl groups is 1. The average Bonchev–Trinajstić information content (AvgIpc) is 3.06. The second kappa shape index (κ2) is 5.55. The fraction of sp³-hybridized carbons (Fsp3) is 0.583. The maximum absolute atomic E-state index is 12.2. The third-order valence-corrected chi connectivity index (χ3v) is 5.07.